The summed E-state index contributed by atoms with van der Waals surface area (Å²) in [5, 5.41) is 0.146. The summed E-state index contributed by atoms with van der Waals surface area (Å²) in [6.07, 6.45) is 1.25. The van der Waals surface area contributed by atoms with E-state index in [0.717, 1.165) is 11.0 Å². The van der Waals surface area contributed by atoms with Gasteiger partial charge in [-0.1, -0.05) is 11.6 Å². The molecule has 1 aromatic heterocycles. The lowest BCUT2D eigenvalue weighted by atomic mass is 10.1. The zero-order valence-corrected chi connectivity index (χ0v) is 10.3. The van der Waals surface area contributed by atoms with Crippen LogP contribution in [-0.2, 0) is 14.3 Å². The summed E-state index contributed by atoms with van der Waals surface area (Å²) in [6.45, 7) is 0.0665. The van der Waals surface area contributed by atoms with Crippen molar-refractivity contribution in [2.24, 2.45) is 5.92 Å². The Bertz CT molecular complexity index is 509. The molecule has 0 N–H and O–H groups in total. The minimum Gasteiger partial charge on any atom is -0.469 e. The van der Waals surface area contributed by atoms with Crippen LogP contribution in [0.2, 0.25) is 5.02 Å². The molecule has 5 nitrogen and oxygen atoms in total. The molecule has 0 spiro atoms. The van der Waals surface area contributed by atoms with Crippen LogP contribution >= 0.6 is 11.6 Å². The molecule has 1 saturated heterocycles. The van der Waals surface area contributed by atoms with Crippen molar-refractivity contribution in [2.75, 3.05) is 18.6 Å². The smallest absolute Gasteiger partial charge is 0.311 e. The summed E-state index contributed by atoms with van der Waals surface area (Å²) >= 11 is 5.58. The zero-order chi connectivity index (χ0) is 13.3. The van der Waals surface area contributed by atoms with E-state index >= 15 is 0 Å². The topological polar surface area (TPSA) is 59.5 Å². The minimum atomic E-state index is -0.693. The molecule has 0 saturated carbocycles. The van der Waals surface area contributed by atoms with Crippen molar-refractivity contribution >= 4 is 29.3 Å². The second-order valence-corrected chi connectivity index (χ2v) is 4.32. The number of carbonyl (C=O) groups is 2. The molecule has 18 heavy (non-hydrogen) atoms. The van der Waals surface area contributed by atoms with Crippen molar-refractivity contribution in [3.63, 3.8) is 0 Å². The molecule has 2 heterocycles. The molecule has 0 bridgehead atoms. The van der Waals surface area contributed by atoms with Gasteiger partial charge in [0.1, 0.15) is 0 Å². The third kappa shape index (κ3) is 2.28. The van der Waals surface area contributed by atoms with Gasteiger partial charge in [0.2, 0.25) is 5.91 Å². The molecular formula is C11H10ClFN2O3. The number of rotatable bonds is 2. The first-order valence-corrected chi connectivity index (χ1v) is 5.60. The average molecular weight is 273 g/mol. The maximum absolute atomic E-state index is 13.6. The molecule has 1 atom stereocenters. The van der Waals surface area contributed by atoms with E-state index in [9.17, 15) is 14.0 Å². The van der Waals surface area contributed by atoms with Crippen LogP contribution in [0.3, 0.4) is 0 Å². The quantitative estimate of drug-likeness (QED) is 0.764. The van der Waals surface area contributed by atoms with Gasteiger partial charge in [-0.3, -0.25) is 14.5 Å². The third-order valence-corrected chi connectivity index (χ3v) is 2.91. The van der Waals surface area contributed by atoms with Gasteiger partial charge in [0.25, 0.3) is 0 Å². The predicted octanol–water partition coefficient (Wildman–Crippen LogP) is 1.40. The first-order valence-electron chi connectivity index (χ1n) is 5.22. The van der Waals surface area contributed by atoms with E-state index in [2.05, 4.69) is 9.72 Å². The monoisotopic (exact) mass is 272 g/mol. The van der Waals surface area contributed by atoms with Gasteiger partial charge < -0.3 is 4.74 Å². The second-order valence-electron chi connectivity index (χ2n) is 3.89. The predicted molar refractivity (Wildman–Crippen MR) is 61.7 cm³/mol. The number of methoxy groups -OCH3 is 1. The molecular weight excluding hydrogens is 263 g/mol. The Hall–Kier alpha value is -1.69. The van der Waals surface area contributed by atoms with Crippen LogP contribution in [0, 0.1) is 11.7 Å². The largest absolute Gasteiger partial charge is 0.469 e. The van der Waals surface area contributed by atoms with Crippen LogP contribution in [0.5, 0.6) is 0 Å². The van der Waals surface area contributed by atoms with Crippen LogP contribution < -0.4 is 4.90 Å². The fraction of sp³-hybridized carbons (Fsp3) is 0.364. The standard InChI is InChI=1S/C11H10ClFN2O3/c1-18-11(17)6-2-9(16)15(5-6)10-8(13)3-7(12)4-14-10/h3-4,6H,2,5H2,1H3. The van der Waals surface area contributed by atoms with E-state index < -0.39 is 17.7 Å². The Kier molecular flexibility index (Phi) is 3.47. The maximum atomic E-state index is 13.6. The highest BCUT2D eigenvalue weighted by Gasteiger charge is 2.37. The van der Waals surface area contributed by atoms with E-state index in [0.29, 0.717) is 0 Å². The highest BCUT2D eigenvalue weighted by atomic mass is 35.5. The molecule has 0 aliphatic carbocycles. The molecule has 1 unspecified atom stereocenters. The van der Waals surface area contributed by atoms with Gasteiger partial charge in [-0.2, -0.15) is 0 Å². The van der Waals surface area contributed by atoms with Gasteiger partial charge in [-0.15, -0.1) is 0 Å². The number of nitrogens with zero attached hydrogens (tertiary/aromatic N) is 2. The number of hydrogen-bond donors (Lipinski definition) is 0. The Balaban J connectivity index is 2.24. The van der Waals surface area contributed by atoms with Gasteiger partial charge in [0, 0.05) is 19.2 Å². The molecule has 1 fully saturated rings. The highest BCUT2D eigenvalue weighted by Crippen LogP contribution is 2.27. The Labute approximate surface area is 108 Å². The summed E-state index contributed by atoms with van der Waals surface area (Å²) in [7, 11) is 1.25. The molecule has 1 aliphatic heterocycles. The Morgan fingerprint density at radius 1 is 1.67 bits per heavy atom. The normalized spacial score (nSPS) is 19.2. The van der Waals surface area contributed by atoms with Gasteiger partial charge in [0.05, 0.1) is 18.1 Å². The zero-order valence-electron chi connectivity index (χ0n) is 9.52. The van der Waals surface area contributed by atoms with Crippen molar-refractivity contribution in [1.29, 1.82) is 0 Å². The lowest BCUT2D eigenvalue weighted by Gasteiger charge is -2.15. The summed E-state index contributed by atoms with van der Waals surface area (Å²) in [5.74, 6) is -2.24. The Morgan fingerprint density at radius 3 is 3.00 bits per heavy atom. The van der Waals surface area contributed by atoms with Gasteiger partial charge in [0.15, 0.2) is 11.6 Å². The number of hydrogen-bond acceptors (Lipinski definition) is 4. The van der Waals surface area contributed by atoms with Crippen LogP contribution in [0.15, 0.2) is 12.3 Å². The number of aromatic nitrogens is 1. The van der Waals surface area contributed by atoms with Crippen molar-refractivity contribution in [2.45, 2.75) is 6.42 Å². The summed E-state index contributed by atoms with van der Waals surface area (Å²) in [6, 6.07) is 1.07. The first-order chi connectivity index (χ1) is 8.52. The number of pyridine rings is 1. The number of carbonyl (C=O) groups excluding carboxylic acids is 2. The van der Waals surface area contributed by atoms with Crippen LogP contribution in [-0.4, -0.2) is 30.5 Å². The molecule has 96 valence electrons. The number of amides is 1. The van der Waals surface area contributed by atoms with Crippen LogP contribution in [0.25, 0.3) is 0 Å². The van der Waals surface area contributed by atoms with Gasteiger partial charge in [-0.25, -0.2) is 9.37 Å². The second kappa shape index (κ2) is 4.89. The lowest BCUT2D eigenvalue weighted by Crippen LogP contribution is -2.27. The third-order valence-electron chi connectivity index (χ3n) is 2.70. The molecule has 1 amide bonds. The van der Waals surface area contributed by atoms with Gasteiger partial charge in [-0.05, 0) is 6.07 Å². The molecule has 7 heteroatoms. The van der Waals surface area contributed by atoms with Crippen molar-refractivity contribution in [1.82, 2.24) is 4.98 Å². The Morgan fingerprint density at radius 2 is 2.39 bits per heavy atom. The van der Waals surface area contributed by atoms with Gasteiger partial charge >= 0.3 is 5.97 Å². The average Bonchev–Trinajstić information content (AvgIpc) is 2.70. The van der Waals surface area contributed by atoms with Crippen molar-refractivity contribution < 1.29 is 18.7 Å². The maximum Gasteiger partial charge on any atom is 0.311 e. The van der Waals surface area contributed by atoms with Crippen LogP contribution in [0.4, 0.5) is 10.2 Å². The summed E-state index contributed by atoms with van der Waals surface area (Å²) in [5.41, 5.74) is 0. The van der Waals surface area contributed by atoms with Crippen molar-refractivity contribution in [3.8, 4) is 0 Å². The molecule has 1 aliphatic rings. The van der Waals surface area contributed by atoms with E-state index in [1.807, 2.05) is 0 Å². The number of anilines is 1. The summed E-state index contributed by atoms with van der Waals surface area (Å²) in [4.78, 5) is 28.0. The minimum absolute atomic E-state index is 0.00355. The number of ether oxygens (including phenoxy) is 1. The summed E-state index contributed by atoms with van der Waals surface area (Å²) < 4.78 is 18.2. The van der Waals surface area contributed by atoms with E-state index in [1.165, 1.54) is 13.3 Å². The van der Waals surface area contributed by atoms with E-state index in [-0.39, 0.29) is 29.7 Å². The SMILES string of the molecule is COC(=O)C1CC(=O)N(c2ncc(Cl)cc2F)C1. The molecule has 0 radical (unpaired) electrons. The highest BCUT2D eigenvalue weighted by molar-refractivity contribution is 6.30. The first kappa shape index (κ1) is 12.8. The number of halogens is 2. The van der Waals surface area contributed by atoms with E-state index in [4.69, 9.17) is 11.6 Å². The fourth-order valence-corrected chi connectivity index (χ4v) is 1.99. The molecule has 2 rings (SSSR count). The van der Waals surface area contributed by atoms with Crippen LogP contribution in [0.1, 0.15) is 6.42 Å². The number of esters is 1. The molecule has 1 aromatic rings. The van der Waals surface area contributed by atoms with Crippen molar-refractivity contribution in [3.05, 3.63) is 23.1 Å². The van der Waals surface area contributed by atoms with E-state index in [1.54, 1.807) is 0 Å². The molecule has 0 aromatic carbocycles. The lowest BCUT2D eigenvalue weighted by molar-refractivity contribution is -0.145. The fourth-order valence-electron chi connectivity index (χ4n) is 1.84.